The predicted octanol–water partition coefficient (Wildman–Crippen LogP) is 3.55. The molecular weight excluding hydrogens is 246 g/mol. The van der Waals surface area contributed by atoms with E-state index in [1.165, 1.54) is 18.2 Å². The third kappa shape index (κ3) is 2.05. The Morgan fingerprint density at radius 2 is 1.89 bits per heavy atom. The molecule has 0 bridgehead atoms. The molecule has 0 fully saturated rings. The van der Waals surface area contributed by atoms with Gasteiger partial charge in [0, 0.05) is 23.8 Å². The molecule has 3 rings (SSSR count). The van der Waals surface area contributed by atoms with Crippen LogP contribution in [0.25, 0.3) is 10.9 Å². The van der Waals surface area contributed by atoms with Gasteiger partial charge in [-0.05, 0) is 35.9 Å². The van der Waals surface area contributed by atoms with Crippen LogP contribution in [-0.4, -0.2) is 4.57 Å². The van der Waals surface area contributed by atoms with E-state index in [0.29, 0.717) is 17.6 Å². The molecule has 96 valence electrons. The van der Waals surface area contributed by atoms with Crippen molar-refractivity contribution < 1.29 is 8.78 Å². The fraction of sp³-hybridized carbons (Fsp3) is 0.0667. The molecule has 0 spiro atoms. The molecule has 2 N–H and O–H groups in total. The molecule has 3 aromatic rings. The van der Waals surface area contributed by atoms with Gasteiger partial charge in [0.05, 0.1) is 5.52 Å². The molecule has 2 nitrogen and oxygen atoms in total. The molecule has 19 heavy (non-hydrogen) atoms. The quantitative estimate of drug-likeness (QED) is 0.700. The predicted molar refractivity (Wildman–Crippen MR) is 71.8 cm³/mol. The zero-order valence-electron chi connectivity index (χ0n) is 10.1. The zero-order chi connectivity index (χ0) is 13.4. The minimum atomic E-state index is -0.357. The van der Waals surface area contributed by atoms with Crippen molar-refractivity contribution >= 4 is 16.6 Å². The van der Waals surface area contributed by atoms with Gasteiger partial charge in [0.15, 0.2) is 0 Å². The van der Waals surface area contributed by atoms with Crippen molar-refractivity contribution in [2.75, 3.05) is 5.73 Å². The summed E-state index contributed by atoms with van der Waals surface area (Å²) in [6.45, 7) is 0.485. The first kappa shape index (κ1) is 11.7. The van der Waals surface area contributed by atoms with Crippen molar-refractivity contribution in [1.29, 1.82) is 0 Å². The molecular formula is C15H12F2N2. The van der Waals surface area contributed by atoms with E-state index in [4.69, 9.17) is 5.73 Å². The van der Waals surface area contributed by atoms with Crippen molar-refractivity contribution in [1.82, 2.24) is 4.57 Å². The molecule has 0 saturated carbocycles. The first-order chi connectivity index (χ1) is 9.15. The number of benzene rings is 2. The molecule has 2 aromatic carbocycles. The molecule has 0 aliphatic heterocycles. The van der Waals surface area contributed by atoms with Crippen LogP contribution in [0.5, 0.6) is 0 Å². The largest absolute Gasteiger partial charge is 0.398 e. The van der Waals surface area contributed by atoms with Crippen molar-refractivity contribution in [3.8, 4) is 0 Å². The number of hydrogen-bond donors (Lipinski definition) is 1. The highest BCUT2D eigenvalue weighted by molar-refractivity contribution is 5.80. The van der Waals surface area contributed by atoms with Crippen molar-refractivity contribution in [3.05, 3.63) is 65.9 Å². The Kier molecular flexibility index (Phi) is 2.71. The van der Waals surface area contributed by atoms with Crippen LogP contribution in [0.4, 0.5) is 14.5 Å². The molecule has 0 saturated heterocycles. The van der Waals surface area contributed by atoms with Gasteiger partial charge in [0.2, 0.25) is 0 Å². The molecule has 4 heteroatoms. The summed E-state index contributed by atoms with van der Waals surface area (Å²) in [6.07, 6.45) is 1.80. The Labute approximate surface area is 109 Å². The van der Waals surface area contributed by atoms with Crippen LogP contribution in [0.2, 0.25) is 0 Å². The Hall–Kier alpha value is -2.36. The fourth-order valence-electron chi connectivity index (χ4n) is 2.22. The number of hydrogen-bond acceptors (Lipinski definition) is 1. The number of nitrogens with two attached hydrogens (primary N) is 1. The van der Waals surface area contributed by atoms with E-state index in [9.17, 15) is 8.78 Å². The highest BCUT2D eigenvalue weighted by Crippen LogP contribution is 2.22. The fourth-order valence-corrected chi connectivity index (χ4v) is 2.22. The highest BCUT2D eigenvalue weighted by Gasteiger charge is 2.07. The minimum Gasteiger partial charge on any atom is -0.398 e. The lowest BCUT2D eigenvalue weighted by Gasteiger charge is -2.08. The Bertz CT molecular complexity index is 747. The molecule has 0 radical (unpaired) electrons. The average molecular weight is 258 g/mol. The first-order valence-electron chi connectivity index (χ1n) is 5.92. The van der Waals surface area contributed by atoms with Crippen LogP contribution in [-0.2, 0) is 6.54 Å². The monoisotopic (exact) mass is 258 g/mol. The summed E-state index contributed by atoms with van der Waals surface area (Å²) in [6, 6.07) is 11.0. The zero-order valence-corrected chi connectivity index (χ0v) is 10.1. The standard InChI is InChI=1S/C15H12F2N2/c16-11-5-4-10(14(18)8-11)9-19-7-6-12-13(17)2-1-3-15(12)19/h1-8H,9,18H2. The highest BCUT2D eigenvalue weighted by atomic mass is 19.1. The summed E-state index contributed by atoms with van der Waals surface area (Å²) >= 11 is 0. The normalized spacial score (nSPS) is 11.1. The summed E-state index contributed by atoms with van der Waals surface area (Å²) in [5, 5.41) is 0.572. The lowest BCUT2D eigenvalue weighted by Crippen LogP contribution is -2.02. The summed E-state index contributed by atoms with van der Waals surface area (Å²) in [4.78, 5) is 0. The van der Waals surface area contributed by atoms with Gasteiger partial charge in [0.1, 0.15) is 11.6 Å². The average Bonchev–Trinajstić information content (AvgIpc) is 2.78. The number of rotatable bonds is 2. The smallest absolute Gasteiger partial charge is 0.132 e. The van der Waals surface area contributed by atoms with Crippen molar-refractivity contribution in [2.24, 2.45) is 0 Å². The van der Waals surface area contributed by atoms with E-state index < -0.39 is 0 Å². The number of anilines is 1. The van der Waals surface area contributed by atoms with Crippen molar-refractivity contribution in [2.45, 2.75) is 6.54 Å². The van der Waals surface area contributed by atoms with Gasteiger partial charge in [-0.3, -0.25) is 0 Å². The summed E-state index contributed by atoms with van der Waals surface area (Å²) in [5.41, 5.74) is 7.79. The number of halogens is 2. The van der Waals surface area contributed by atoms with E-state index >= 15 is 0 Å². The number of nitrogen functional groups attached to an aromatic ring is 1. The topological polar surface area (TPSA) is 30.9 Å². The molecule has 0 aliphatic carbocycles. The van der Waals surface area contributed by atoms with Gasteiger partial charge in [-0.25, -0.2) is 8.78 Å². The minimum absolute atomic E-state index is 0.247. The van der Waals surface area contributed by atoms with Crippen LogP contribution < -0.4 is 5.73 Å². The Morgan fingerprint density at radius 1 is 1.05 bits per heavy atom. The number of aromatic nitrogens is 1. The van der Waals surface area contributed by atoms with E-state index in [1.54, 1.807) is 24.4 Å². The second kappa shape index (κ2) is 4.39. The van der Waals surface area contributed by atoms with E-state index in [-0.39, 0.29) is 11.6 Å². The van der Waals surface area contributed by atoms with Crippen LogP contribution in [0, 0.1) is 11.6 Å². The van der Waals surface area contributed by atoms with Gasteiger partial charge >= 0.3 is 0 Å². The second-order valence-electron chi connectivity index (χ2n) is 4.46. The maximum atomic E-state index is 13.6. The van der Waals surface area contributed by atoms with Crippen LogP contribution >= 0.6 is 0 Å². The van der Waals surface area contributed by atoms with Gasteiger partial charge in [-0.15, -0.1) is 0 Å². The first-order valence-corrected chi connectivity index (χ1v) is 5.92. The van der Waals surface area contributed by atoms with E-state index in [2.05, 4.69) is 0 Å². The molecule has 1 aromatic heterocycles. The molecule has 1 heterocycles. The Morgan fingerprint density at radius 3 is 2.68 bits per heavy atom. The van der Waals surface area contributed by atoms with Gasteiger partial charge in [-0.2, -0.15) is 0 Å². The van der Waals surface area contributed by atoms with E-state index in [0.717, 1.165) is 11.1 Å². The summed E-state index contributed by atoms with van der Waals surface area (Å²) in [7, 11) is 0. The van der Waals surface area contributed by atoms with Gasteiger partial charge in [0.25, 0.3) is 0 Å². The maximum Gasteiger partial charge on any atom is 0.132 e. The molecule has 0 unspecified atom stereocenters. The van der Waals surface area contributed by atoms with Crippen LogP contribution in [0.15, 0.2) is 48.7 Å². The third-order valence-corrected chi connectivity index (χ3v) is 3.21. The maximum absolute atomic E-state index is 13.6. The van der Waals surface area contributed by atoms with Crippen molar-refractivity contribution in [3.63, 3.8) is 0 Å². The second-order valence-corrected chi connectivity index (χ2v) is 4.46. The number of nitrogens with zero attached hydrogens (tertiary/aromatic N) is 1. The van der Waals surface area contributed by atoms with Crippen LogP contribution in [0.1, 0.15) is 5.56 Å². The summed E-state index contributed by atoms with van der Waals surface area (Å²) in [5.74, 6) is -0.604. The summed E-state index contributed by atoms with van der Waals surface area (Å²) < 4.78 is 28.5. The van der Waals surface area contributed by atoms with Gasteiger partial charge < -0.3 is 10.3 Å². The molecule has 0 aliphatic rings. The lowest BCUT2D eigenvalue weighted by atomic mass is 10.1. The van der Waals surface area contributed by atoms with Gasteiger partial charge in [-0.1, -0.05) is 12.1 Å². The molecule has 0 amide bonds. The third-order valence-electron chi connectivity index (χ3n) is 3.21. The SMILES string of the molecule is Nc1cc(F)ccc1Cn1ccc2c(F)cccc21. The number of fused-ring (bicyclic) bond motifs is 1. The van der Waals surface area contributed by atoms with E-state index in [1.807, 2.05) is 10.6 Å². The molecule has 0 atom stereocenters. The van der Waals surface area contributed by atoms with Crippen LogP contribution in [0.3, 0.4) is 0 Å². The Balaban J connectivity index is 2.04. The lowest BCUT2D eigenvalue weighted by molar-refractivity contribution is 0.627.